The van der Waals surface area contributed by atoms with Crippen molar-refractivity contribution in [2.75, 3.05) is 25.7 Å². The van der Waals surface area contributed by atoms with Crippen molar-refractivity contribution in [3.63, 3.8) is 0 Å². The lowest BCUT2D eigenvalue weighted by molar-refractivity contribution is 0.355. The Bertz CT molecular complexity index is 1280. The number of benzene rings is 2. The molecule has 0 spiro atoms. The highest BCUT2D eigenvalue weighted by molar-refractivity contribution is 5.82. The van der Waals surface area contributed by atoms with Gasteiger partial charge in [-0.25, -0.2) is 4.98 Å². The Morgan fingerprint density at radius 3 is 2.57 bits per heavy atom. The molecular weight excluding hydrogens is 382 g/mol. The minimum Gasteiger partial charge on any atom is -0.493 e. The van der Waals surface area contributed by atoms with Gasteiger partial charge in [0.05, 0.1) is 43.6 Å². The lowest BCUT2D eigenvalue weighted by Crippen LogP contribution is -2.35. The predicted molar refractivity (Wildman–Crippen MR) is 114 cm³/mol. The first kappa shape index (κ1) is 18.2. The van der Waals surface area contributed by atoms with Gasteiger partial charge in [-0.2, -0.15) is 4.98 Å². The van der Waals surface area contributed by atoms with E-state index in [1.54, 1.807) is 26.4 Å². The minimum atomic E-state index is -0.302. The fraction of sp³-hybridized carbons (Fsp3) is 0.227. The molecule has 0 radical (unpaired) electrons. The van der Waals surface area contributed by atoms with Crippen molar-refractivity contribution in [1.29, 1.82) is 0 Å². The van der Waals surface area contributed by atoms with Gasteiger partial charge in [-0.05, 0) is 6.07 Å². The van der Waals surface area contributed by atoms with Crippen LogP contribution in [0.3, 0.4) is 0 Å². The molecule has 0 saturated heterocycles. The van der Waals surface area contributed by atoms with Crippen LogP contribution in [0.1, 0.15) is 5.69 Å². The van der Waals surface area contributed by atoms with Crippen LogP contribution in [0, 0.1) is 0 Å². The Morgan fingerprint density at radius 1 is 1.03 bits per heavy atom. The van der Waals surface area contributed by atoms with E-state index in [2.05, 4.69) is 36.6 Å². The number of nitrogens with one attached hydrogen (secondary N) is 1. The fourth-order valence-electron chi connectivity index (χ4n) is 3.89. The topological polar surface area (TPSA) is 85.3 Å². The second-order valence-electron chi connectivity index (χ2n) is 7.13. The molecule has 8 nitrogen and oxygen atoms in total. The molecular formula is C22H21N5O3. The second-order valence-corrected chi connectivity index (χ2v) is 7.13. The van der Waals surface area contributed by atoms with Gasteiger partial charge in [0, 0.05) is 24.7 Å². The maximum Gasteiger partial charge on any atom is 0.282 e. The number of hydrogen-bond donors (Lipinski definition) is 1. The molecule has 0 atom stereocenters. The van der Waals surface area contributed by atoms with Crippen molar-refractivity contribution in [3.8, 4) is 22.9 Å². The number of hydrogen-bond acceptors (Lipinski definition) is 6. The Hall–Kier alpha value is -3.81. The van der Waals surface area contributed by atoms with Crippen molar-refractivity contribution >= 4 is 16.9 Å². The molecule has 0 bridgehead atoms. The number of anilines is 1. The van der Waals surface area contributed by atoms with E-state index in [0.717, 1.165) is 23.6 Å². The van der Waals surface area contributed by atoms with Crippen LogP contribution in [0.2, 0.25) is 0 Å². The number of H-pyrrole nitrogens is 1. The first-order valence-electron chi connectivity index (χ1n) is 9.69. The van der Waals surface area contributed by atoms with Crippen LogP contribution < -0.4 is 19.9 Å². The van der Waals surface area contributed by atoms with Gasteiger partial charge in [0.2, 0.25) is 5.95 Å². The van der Waals surface area contributed by atoms with Crippen LogP contribution in [0.4, 0.5) is 5.95 Å². The number of imidazole rings is 1. The minimum absolute atomic E-state index is 0.302. The Kier molecular flexibility index (Phi) is 4.39. The molecule has 0 unspecified atom stereocenters. The smallest absolute Gasteiger partial charge is 0.282 e. The summed E-state index contributed by atoms with van der Waals surface area (Å²) in [6.45, 7) is 2.08. The molecule has 5 rings (SSSR count). The molecule has 0 saturated carbocycles. The standard InChI is InChI=1S/C22H21N5O3/c1-29-18-10-16-17(11-19(18)30-2)24-22(25-21(16)28)26-8-9-27-15(13-26)12-23-20(27)14-6-4-3-5-7-14/h3-7,10-12H,8-9,13H2,1-2H3,(H,24,25,28). The third-order valence-electron chi connectivity index (χ3n) is 5.42. The molecule has 152 valence electrons. The number of ether oxygens (including phenoxy) is 2. The van der Waals surface area contributed by atoms with E-state index in [9.17, 15) is 4.79 Å². The van der Waals surface area contributed by atoms with Crippen molar-refractivity contribution in [3.05, 3.63) is 64.7 Å². The summed E-state index contributed by atoms with van der Waals surface area (Å²) in [4.78, 5) is 26.9. The Balaban J connectivity index is 1.50. The normalized spacial score (nSPS) is 13.3. The van der Waals surface area contributed by atoms with E-state index in [0.29, 0.717) is 41.4 Å². The van der Waals surface area contributed by atoms with Gasteiger partial charge >= 0.3 is 0 Å². The molecule has 2 aromatic carbocycles. The molecule has 0 fully saturated rings. The third kappa shape index (κ3) is 2.97. The van der Waals surface area contributed by atoms with Crippen LogP contribution in [0.25, 0.3) is 22.3 Å². The summed E-state index contributed by atoms with van der Waals surface area (Å²) < 4.78 is 12.9. The van der Waals surface area contributed by atoms with Crippen molar-refractivity contribution in [2.45, 2.75) is 13.1 Å². The van der Waals surface area contributed by atoms with E-state index in [1.165, 1.54) is 0 Å². The summed E-state index contributed by atoms with van der Waals surface area (Å²) in [6, 6.07) is 13.6. The number of aromatic nitrogens is 4. The van der Waals surface area contributed by atoms with Gasteiger partial charge in [-0.15, -0.1) is 0 Å². The van der Waals surface area contributed by atoms with Crippen LogP contribution in [-0.2, 0) is 13.1 Å². The third-order valence-corrected chi connectivity index (χ3v) is 5.42. The molecule has 2 aromatic heterocycles. The maximum absolute atomic E-state index is 12.7. The average molecular weight is 403 g/mol. The maximum atomic E-state index is 12.7. The number of fused-ring (bicyclic) bond motifs is 2. The van der Waals surface area contributed by atoms with Gasteiger partial charge < -0.3 is 23.9 Å². The fourth-order valence-corrected chi connectivity index (χ4v) is 3.89. The van der Waals surface area contributed by atoms with Crippen LogP contribution >= 0.6 is 0 Å². The Labute approximate surface area is 172 Å². The number of methoxy groups -OCH3 is 2. The summed E-state index contributed by atoms with van der Waals surface area (Å²) in [5, 5.41) is 0.463. The number of aromatic amines is 1. The van der Waals surface area contributed by atoms with E-state index in [-0.39, 0.29) is 5.56 Å². The summed E-state index contributed by atoms with van der Waals surface area (Å²) in [7, 11) is 3.11. The predicted octanol–water partition coefficient (Wildman–Crippen LogP) is 2.82. The zero-order chi connectivity index (χ0) is 20.7. The monoisotopic (exact) mass is 403 g/mol. The molecule has 4 aromatic rings. The van der Waals surface area contributed by atoms with Crippen LogP contribution in [0.15, 0.2) is 53.5 Å². The number of nitrogens with zero attached hydrogens (tertiary/aromatic N) is 4. The van der Waals surface area contributed by atoms with E-state index in [1.807, 2.05) is 24.4 Å². The average Bonchev–Trinajstić information content (AvgIpc) is 3.22. The molecule has 1 N–H and O–H groups in total. The summed E-state index contributed by atoms with van der Waals surface area (Å²) in [5.41, 5.74) is 2.53. The van der Waals surface area contributed by atoms with Crippen molar-refractivity contribution in [1.82, 2.24) is 19.5 Å². The van der Waals surface area contributed by atoms with Gasteiger partial charge in [0.1, 0.15) is 5.82 Å². The largest absolute Gasteiger partial charge is 0.493 e. The molecule has 30 heavy (non-hydrogen) atoms. The first-order chi connectivity index (χ1) is 14.7. The quantitative estimate of drug-likeness (QED) is 0.564. The lowest BCUT2D eigenvalue weighted by Gasteiger charge is -2.29. The van der Waals surface area contributed by atoms with Gasteiger partial charge in [0.15, 0.2) is 11.5 Å². The summed E-state index contributed by atoms with van der Waals surface area (Å²) in [5.74, 6) is 2.55. The first-order valence-corrected chi connectivity index (χ1v) is 9.69. The van der Waals surface area contributed by atoms with Crippen molar-refractivity contribution < 1.29 is 9.47 Å². The summed E-state index contributed by atoms with van der Waals surface area (Å²) >= 11 is 0. The van der Waals surface area contributed by atoms with E-state index >= 15 is 0 Å². The molecule has 0 aliphatic carbocycles. The summed E-state index contributed by atoms with van der Waals surface area (Å²) in [6.07, 6.45) is 1.89. The zero-order valence-electron chi connectivity index (χ0n) is 16.8. The number of rotatable bonds is 4. The highest BCUT2D eigenvalue weighted by Gasteiger charge is 2.22. The zero-order valence-corrected chi connectivity index (χ0v) is 16.8. The van der Waals surface area contributed by atoms with Gasteiger partial charge in [-0.3, -0.25) is 4.79 Å². The molecule has 3 heterocycles. The van der Waals surface area contributed by atoms with Gasteiger partial charge in [0.25, 0.3) is 5.56 Å². The molecule has 8 heteroatoms. The highest BCUT2D eigenvalue weighted by Crippen LogP contribution is 2.31. The van der Waals surface area contributed by atoms with Crippen LogP contribution in [-0.4, -0.2) is 40.3 Å². The van der Waals surface area contributed by atoms with Crippen LogP contribution in [0.5, 0.6) is 11.5 Å². The second kappa shape index (κ2) is 7.22. The van der Waals surface area contributed by atoms with Gasteiger partial charge in [-0.1, -0.05) is 30.3 Å². The van der Waals surface area contributed by atoms with E-state index in [4.69, 9.17) is 9.47 Å². The molecule has 0 amide bonds. The molecule has 1 aliphatic rings. The van der Waals surface area contributed by atoms with E-state index < -0.39 is 0 Å². The Morgan fingerprint density at radius 2 is 1.80 bits per heavy atom. The van der Waals surface area contributed by atoms with Crippen molar-refractivity contribution in [2.24, 2.45) is 0 Å². The highest BCUT2D eigenvalue weighted by atomic mass is 16.5. The SMILES string of the molecule is COc1cc2[nH]c(N3CCn4c(cnc4-c4ccccc4)C3)nc(=O)c2cc1OC. The molecule has 1 aliphatic heterocycles. The lowest BCUT2D eigenvalue weighted by atomic mass is 10.2.